The fraction of sp³-hybridized carbons (Fsp3) is 0.320. The third kappa shape index (κ3) is 4.95. The normalized spacial score (nSPS) is 20.7. The Morgan fingerprint density at radius 3 is 2.67 bits per heavy atom. The molecule has 33 heavy (non-hydrogen) atoms. The number of hydrogen-bond donors (Lipinski definition) is 1. The number of carbonyl (C=O) groups is 3. The highest BCUT2D eigenvalue weighted by Crippen LogP contribution is 2.36. The fourth-order valence-corrected chi connectivity index (χ4v) is 5.14. The van der Waals surface area contributed by atoms with E-state index in [-0.39, 0.29) is 24.4 Å². The molecule has 0 saturated carbocycles. The zero-order chi connectivity index (χ0) is 23.5. The van der Waals surface area contributed by atoms with Gasteiger partial charge in [0, 0.05) is 6.04 Å². The van der Waals surface area contributed by atoms with Gasteiger partial charge in [-0.15, -0.1) is 11.8 Å². The van der Waals surface area contributed by atoms with E-state index in [1.54, 1.807) is 18.4 Å². The first kappa shape index (κ1) is 23.0. The summed E-state index contributed by atoms with van der Waals surface area (Å²) in [6.45, 7) is 3.35. The largest absolute Gasteiger partial charge is 0.352 e. The van der Waals surface area contributed by atoms with Crippen LogP contribution < -0.4 is 10.2 Å². The Hall–Kier alpha value is -3.13. The molecule has 2 aromatic rings. The molecule has 4 rings (SSSR count). The molecular weight excluding hydrogens is 441 g/mol. The fourth-order valence-electron chi connectivity index (χ4n) is 4.09. The van der Waals surface area contributed by atoms with E-state index in [2.05, 4.69) is 5.32 Å². The number of urea groups is 1. The predicted octanol–water partition coefficient (Wildman–Crippen LogP) is 4.04. The molecular formula is C25H26FN3O3S. The summed E-state index contributed by atoms with van der Waals surface area (Å²) in [7, 11) is 0. The van der Waals surface area contributed by atoms with E-state index in [0.29, 0.717) is 11.3 Å². The maximum atomic E-state index is 13.8. The lowest BCUT2D eigenvalue weighted by molar-refractivity contribution is -0.124. The third-order valence-corrected chi connectivity index (χ3v) is 6.99. The smallest absolute Gasteiger partial charge is 0.332 e. The Balaban J connectivity index is 1.45. The van der Waals surface area contributed by atoms with Crippen LogP contribution in [0.2, 0.25) is 0 Å². The molecule has 6 nitrogen and oxygen atoms in total. The van der Waals surface area contributed by atoms with Crippen LogP contribution in [0.25, 0.3) is 0 Å². The van der Waals surface area contributed by atoms with Crippen LogP contribution in [0.1, 0.15) is 24.5 Å². The molecule has 0 bridgehead atoms. The van der Waals surface area contributed by atoms with Crippen molar-refractivity contribution < 1.29 is 18.8 Å². The zero-order valence-corrected chi connectivity index (χ0v) is 19.3. The molecule has 2 aromatic carbocycles. The summed E-state index contributed by atoms with van der Waals surface area (Å²) >= 11 is 1.32. The van der Waals surface area contributed by atoms with Crippen molar-refractivity contribution in [3.05, 3.63) is 77.0 Å². The number of imide groups is 1. The summed E-state index contributed by atoms with van der Waals surface area (Å²) in [4.78, 5) is 41.7. The quantitative estimate of drug-likeness (QED) is 0.667. The number of hydrogen-bond acceptors (Lipinski definition) is 4. The highest BCUT2D eigenvalue weighted by atomic mass is 32.2. The second-order valence-electron chi connectivity index (χ2n) is 8.39. The predicted molar refractivity (Wildman–Crippen MR) is 127 cm³/mol. The maximum Gasteiger partial charge on any atom is 0.332 e. The molecule has 3 unspecified atom stereocenters. The van der Waals surface area contributed by atoms with Crippen molar-refractivity contribution in [3.8, 4) is 0 Å². The van der Waals surface area contributed by atoms with Gasteiger partial charge in [-0.05, 0) is 61.4 Å². The molecule has 1 saturated heterocycles. The van der Waals surface area contributed by atoms with E-state index in [9.17, 15) is 18.8 Å². The van der Waals surface area contributed by atoms with E-state index in [4.69, 9.17) is 0 Å². The molecule has 1 fully saturated rings. The highest BCUT2D eigenvalue weighted by molar-refractivity contribution is 8.03. The monoisotopic (exact) mass is 467 g/mol. The van der Waals surface area contributed by atoms with Gasteiger partial charge in [-0.3, -0.25) is 9.59 Å². The molecule has 4 amide bonds. The molecule has 1 N–H and O–H groups in total. The summed E-state index contributed by atoms with van der Waals surface area (Å²) in [5.74, 6) is -1.05. The van der Waals surface area contributed by atoms with Crippen LogP contribution in [0.15, 0.2) is 60.0 Å². The van der Waals surface area contributed by atoms with E-state index < -0.39 is 23.1 Å². The number of rotatable bonds is 7. The van der Waals surface area contributed by atoms with Crippen molar-refractivity contribution in [1.82, 2.24) is 10.2 Å². The Morgan fingerprint density at radius 1 is 1.18 bits per heavy atom. The summed E-state index contributed by atoms with van der Waals surface area (Å²) in [6, 6.07) is 13.0. The molecule has 0 aromatic heterocycles. The minimum absolute atomic E-state index is 0.0700. The Morgan fingerprint density at radius 2 is 1.94 bits per heavy atom. The first-order chi connectivity index (χ1) is 15.8. The second-order valence-corrected chi connectivity index (χ2v) is 9.44. The van der Waals surface area contributed by atoms with Crippen molar-refractivity contribution in [2.24, 2.45) is 0 Å². The summed E-state index contributed by atoms with van der Waals surface area (Å²) in [5, 5.41) is 4.22. The first-order valence-corrected chi connectivity index (χ1v) is 11.9. The van der Waals surface area contributed by atoms with Crippen LogP contribution in [0.5, 0.6) is 0 Å². The van der Waals surface area contributed by atoms with Gasteiger partial charge in [0.15, 0.2) is 0 Å². The molecule has 0 radical (unpaired) electrons. The molecule has 172 valence electrons. The third-order valence-electron chi connectivity index (χ3n) is 5.90. The molecule has 3 atom stereocenters. The standard InChI is InChI=1S/C25H26FN3O3S/c1-16-14-19(10-11-20(16)26)29-24(31)23-21(12-13-33-23)28(25(29)32)15-22(30)27-17(2)8-9-18-6-4-3-5-7-18/h3-7,10-14,17,21,23H,8-9,15H2,1-2H3,(H,27,30). The minimum atomic E-state index is -0.577. The van der Waals surface area contributed by atoms with Gasteiger partial charge in [-0.2, -0.15) is 0 Å². The van der Waals surface area contributed by atoms with E-state index in [1.807, 2.05) is 37.3 Å². The molecule has 0 aliphatic carbocycles. The number of nitrogens with one attached hydrogen (secondary N) is 1. The van der Waals surface area contributed by atoms with Crippen molar-refractivity contribution in [2.45, 2.75) is 44.0 Å². The van der Waals surface area contributed by atoms with Crippen LogP contribution in [0, 0.1) is 12.7 Å². The van der Waals surface area contributed by atoms with Crippen molar-refractivity contribution in [3.63, 3.8) is 0 Å². The van der Waals surface area contributed by atoms with Gasteiger partial charge in [0.25, 0.3) is 5.91 Å². The number of thioether (sulfide) groups is 1. The number of anilines is 1. The topological polar surface area (TPSA) is 69.7 Å². The SMILES string of the molecule is Cc1cc(N2C(=O)C3SC=CC3N(CC(=O)NC(C)CCc3ccccc3)C2=O)ccc1F. The number of amides is 4. The van der Waals surface area contributed by atoms with Crippen molar-refractivity contribution in [1.29, 1.82) is 0 Å². The number of halogens is 1. The summed E-state index contributed by atoms with van der Waals surface area (Å²) in [6.07, 6.45) is 3.39. The Kier molecular flexibility index (Phi) is 6.83. The summed E-state index contributed by atoms with van der Waals surface area (Å²) in [5.41, 5.74) is 1.84. The number of carbonyl (C=O) groups excluding carboxylic acids is 3. The molecule has 2 aliphatic heterocycles. The van der Waals surface area contributed by atoms with Gasteiger partial charge >= 0.3 is 6.03 Å². The zero-order valence-electron chi connectivity index (χ0n) is 18.5. The average Bonchev–Trinajstić information content (AvgIpc) is 3.29. The van der Waals surface area contributed by atoms with E-state index >= 15 is 0 Å². The summed E-state index contributed by atoms with van der Waals surface area (Å²) < 4.78 is 13.8. The van der Waals surface area contributed by atoms with Gasteiger partial charge < -0.3 is 10.2 Å². The Bertz CT molecular complexity index is 1090. The number of fused-ring (bicyclic) bond motifs is 1. The second kappa shape index (κ2) is 9.79. The lowest BCUT2D eigenvalue weighted by Gasteiger charge is -2.41. The van der Waals surface area contributed by atoms with E-state index in [1.165, 1.54) is 40.4 Å². The van der Waals surface area contributed by atoms with Crippen molar-refractivity contribution >= 4 is 35.3 Å². The minimum Gasteiger partial charge on any atom is -0.352 e. The lowest BCUT2D eigenvalue weighted by atomic mass is 10.1. The lowest BCUT2D eigenvalue weighted by Crippen LogP contribution is -2.63. The highest BCUT2D eigenvalue weighted by Gasteiger charge is 2.48. The molecule has 8 heteroatoms. The van der Waals surface area contributed by atoms with E-state index in [0.717, 1.165) is 17.7 Å². The van der Waals surface area contributed by atoms with Crippen LogP contribution in [0.3, 0.4) is 0 Å². The number of benzene rings is 2. The molecule has 0 spiro atoms. The van der Waals surface area contributed by atoms with Crippen LogP contribution in [0.4, 0.5) is 14.9 Å². The number of aryl methyl sites for hydroxylation is 2. The van der Waals surface area contributed by atoms with Gasteiger partial charge in [0.05, 0.1) is 11.7 Å². The average molecular weight is 468 g/mol. The Labute approximate surface area is 196 Å². The first-order valence-electron chi connectivity index (χ1n) is 10.9. The van der Waals surface area contributed by atoms with Gasteiger partial charge in [0.1, 0.15) is 17.6 Å². The van der Waals surface area contributed by atoms with Crippen LogP contribution in [-0.4, -0.2) is 46.6 Å². The van der Waals surface area contributed by atoms with Gasteiger partial charge in [-0.25, -0.2) is 14.1 Å². The molecule has 2 aliphatic rings. The van der Waals surface area contributed by atoms with Crippen molar-refractivity contribution in [2.75, 3.05) is 11.4 Å². The number of nitrogens with zero attached hydrogens (tertiary/aromatic N) is 2. The maximum absolute atomic E-state index is 13.8. The molecule has 2 heterocycles. The van der Waals surface area contributed by atoms with Gasteiger partial charge in [0.2, 0.25) is 5.91 Å². The van der Waals surface area contributed by atoms with Crippen LogP contribution in [-0.2, 0) is 16.0 Å². The van der Waals surface area contributed by atoms with Crippen LogP contribution >= 0.6 is 11.8 Å². The van der Waals surface area contributed by atoms with Gasteiger partial charge in [-0.1, -0.05) is 36.4 Å².